The zero-order valence-electron chi connectivity index (χ0n) is 11.1. The van der Waals surface area contributed by atoms with Gasteiger partial charge in [-0.05, 0) is 49.8 Å². The van der Waals surface area contributed by atoms with Gasteiger partial charge in [0.25, 0.3) is 5.69 Å². The van der Waals surface area contributed by atoms with Crippen molar-refractivity contribution in [3.63, 3.8) is 0 Å². The topological polar surface area (TPSA) is 55.2 Å². The Morgan fingerprint density at radius 1 is 1.32 bits per heavy atom. The fourth-order valence-electron chi connectivity index (χ4n) is 2.71. The first-order valence-corrected chi connectivity index (χ1v) is 6.44. The lowest BCUT2D eigenvalue weighted by Gasteiger charge is -2.34. The fourth-order valence-corrected chi connectivity index (χ4v) is 2.71. The minimum absolute atomic E-state index is 0.0847. The molecule has 98 valence electrons. The van der Waals surface area contributed by atoms with Crippen molar-refractivity contribution >= 4 is 22.1 Å². The summed E-state index contributed by atoms with van der Waals surface area (Å²) in [5.41, 5.74) is 2.54. The van der Waals surface area contributed by atoms with Crippen LogP contribution in [0.1, 0.15) is 25.8 Å². The highest BCUT2D eigenvalue weighted by Gasteiger charge is 2.25. The first-order valence-electron chi connectivity index (χ1n) is 6.44. The Labute approximate surface area is 111 Å². The maximum atomic E-state index is 11.1. The highest BCUT2D eigenvalue weighted by Crippen LogP contribution is 2.36. The number of nitro groups is 1. The van der Waals surface area contributed by atoms with E-state index in [-0.39, 0.29) is 16.1 Å². The lowest BCUT2D eigenvalue weighted by Crippen LogP contribution is -2.35. The van der Waals surface area contributed by atoms with Crippen molar-refractivity contribution in [3.05, 3.63) is 46.0 Å². The van der Waals surface area contributed by atoms with Crippen molar-refractivity contribution in [2.75, 3.05) is 5.32 Å². The highest BCUT2D eigenvalue weighted by molar-refractivity contribution is 5.94. The standard InChI is InChI=1S/C15H16N2O2/c1-15(2)7-6-11-8-12-10(9-13(11)16-15)4-3-5-14(12)17(18)19/h3-5,8-9,16H,6-7H2,1-2H3. The molecule has 1 aliphatic heterocycles. The number of rotatable bonds is 1. The molecule has 0 radical (unpaired) electrons. The first-order chi connectivity index (χ1) is 8.96. The Balaban J connectivity index is 2.22. The number of nitro benzene ring substituents is 1. The van der Waals surface area contributed by atoms with Crippen LogP contribution in [0.2, 0.25) is 0 Å². The fraction of sp³-hybridized carbons (Fsp3) is 0.333. The summed E-state index contributed by atoms with van der Waals surface area (Å²) in [5.74, 6) is 0. The van der Waals surface area contributed by atoms with Crippen LogP contribution in [0.5, 0.6) is 0 Å². The molecule has 0 saturated heterocycles. The summed E-state index contributed by atoms with van der Waals surface area (Å²) in [7, 11) is 0. The molecule has 4 nitrogen and oxygen atoms in total. The SMILES string of the molecule is CC1(C)CCc2cc3c([N+](=O)[O-])cccc3cc2N1. The van der Waals surface area contributed by atoms with Gasteiger partial charge in [0.1, 0.15) is 0 Å². The number of hydrogen-bond donors (Lipinski definition) is 1. The number of fused-ring (bicyclic) bond motifs is 2. The number of anilines is 1. The second-order valence-corrected chi connectivity index (χ2v) is 5.77. The quantitative estimate of drug-likeness (QED) is 0.622. The van der Waals surface area contributed by atoms with E-state index in [1.165, 1.54) is 5.56 Å². The van der Waals surface area contributed by atoms with E-state index >= 15 is 0 Å². The molecule has 1 aliphatic rings. The Bertz CT molecular complexity index is 677. The maximum absolute atomic E-state index is 11.1. The number of nitrogens with one attached hydrogen (secondary N) is 1. The van der Waals surface area contributed by atoms with Crippen LogP contribution < -0.4 is 5.32 Å². The Kier molecular flexibility index (Phi) is 2.49. The monoisotopic (exact) mass is 256 g/mol. The summed E-state index contributed by atoms with van der Waals surface area (Å²) in [5, 5.41) is 16.2. The molecule has 3 rings (SSSR count). The second-order valence-electron chi connectivity index (χ2n) is 5.77. The van der Waals surface area contributed by atoms with E-state index in [2.05, 4.69) is 19.2 Å². The van der Waals surface area contributed by atoms with Crippen molar-refractivity contribution in [2.45, 2.75) is 32.2 Å². The third-order valence-electron chi connectivity index (χ3n) is 3.77. The van der Waals surface area contributed by atoms with E-state index < -0.39 is 0 Å². The number of hydrogen-bond acceptors (Lipinski definition) is 3. The van der Waals surface area contributed by atoms with Crippen LogP contribution in [0.15, 0.2) is 30.3 Å². The van der Waals surface area contributed by atoms with Crippen molar-refractivity contribution in [1.29, 1.82) is 0 Å². The van der Waals surface area contributed by atoms with Crippen LogP contribution in [0, 0.1) is 10.1 Å². The third-order valence-corrected chi connectivity index (χ3v) is 3.77. The van der Waals surface area contributed by atoms with Crippen LogP contribution in [0.25, 0.3) is 10.8 Å². The number of non-ortho nitro benzene ring substituents is 1. The zero-order chi connectivity index (χ0) is 13.6. The molecule has 1 N–H and O–H groups in total. The van der Waals surface area contributed by atoms with Gasteiger partial charge in [0.15, 0.2) is 0 Å². The molecule has 0 spiro atoms. The van der Waals surface area contributed by atoms with Crippen molar-refractivity contribution in [3.8, 4) is 0 Å². The predicted octanol–water partition coefficient (Wildman–Crippen LogP) is 3.88. The summed E-state index contributed by atoms with van der Waals surface area (Å²) in [6.45, 7) is 4.35. The van der Waals surface area contributed by atoms with Crippen LogP contribution in [0.3, 0.4) is 0 Å². The van der Waals surface area contributed by atoms with E-state index in [0.29, 0.717) is 0 Å². The summed E-state index contributed by atoms with van der Waals surface area (Å²) in [4.78, 5) is 10.8. The van der Waals surface area contributed by atoms with Crippen molar-refractivity contribution in [2.24, 2.45) is 0 Å². The molecule has 0 saturated carbocycles. The van der Waals surface area contributed by atoms with Crippen molar-refractivity contribution in [1.82, 2.24) is 0 Å². The summed E-state index contributed by atoms with van der Waals surface area (Å²) in [6.07, 6.45) is 1.99. The average Bonchev–Trinajstić information content (AvgIpc) is 2.34. The second kappa shape index (κ2) is 3.95. The Morgan fingerprint density at radius 3 is 2.84 bits per heavy atom. The molecule has 0 aromatic heterocycles. The predicted molar refractivity (Wildman–Crippen MR) is 76.6 cm³/mol. The van der Waals surface area contributed by atoms with E-state index in [4.69, 9.17) is 0 Å². The third kappa shape index (κ3) is 2.03. The van der Waals surface area contributed by atoms with Gasteiger partial charge in [-0.15, -0.1) is 0 Å². The van der Waals surface area contributed by atoms with Gasteiger partial charge < -0.3 is 5.32 Å². The molecule has 2 aromatic carbocycles. The zero-order valence-corrected chi connectivity index (χ0v) is 11.1. The van der Waals surface area contributed by atoms with Gasteiger partial charge in [-0.3, -0.25) is 10.1 Å². The van der Waals surface area contributed by atoms with Gasteiger partial charge in [0, 0.05) is 17.3 Å². The molecule has 0 atom stereocenters. The van der Waals surface area contributed by atoms with Crippen LogP contribution in [-0.4, -0.2) is 10.5 Å². The van der Waals surface area contributed by atoms with Crippen molar-refractivity contribution < 1.29 is 4.92 Å². The largest absolute Gasteiger partial charge is 0.380 e. The molecular weight excluding hydrogens is 240 g/mol. The highest BCUT2D eigenvalue weighted by atomic mass is 16.6. The van der Waals surface area contributed by atoms with Gasteiger partial charge in [-0.25, -0.2) is 0 Å². The smallest absolute Gasteiger partial charge is 0.277 e. The Morgan fingerprint density at radius 2 is 2.11 bits per heavy atom. The Hall–Kier alpha value is -2.10. The van der Waals surface area contributed by atoms with Crippen LogP contribution in [0.4, 0.5) is 11.4 Å². The van der Waals surface area contributed by atoms with Crippen LogP contribution in [-0.2, 0) is 6.42 Å². The molecule has 0 bridgehead atoms. The van der Waals surface area contributed by atoms with Gasteiger partial charge in [-0.1, -0.05) is 12.1 Å². The number of nitrogens with zero attached hydrogens (tertiary/aromatic N) is 1. The molecule has 0 amide bonds. The molecule has 0 unspecified atom stereocenters. The number of aryl methyl sites for hydroxylation is 1. The summed E-state index contributed by atoms with van der Waals surface area (Å²) in [6, 6.07) is 9.21. The molecule has 0 aliphatic carbocycles. The summed E-state index contributed by atoms with van der Waals surface area (Å²) < 4.78 is 0. The molecule has 1 heterocycles. The minimum Gasteiger partial charge on any atom is -0.380 e. The van der Waals surface area contributed by atoms with Gasteiger partial charge in [0.2, 0.25) is 0 Å². The van der Waals surface area contributed by atoms with Gasteiger partial charge >= 0.3 is 0 Å². The molecular formula is C15H16N2O2. The first kappa shape index (κ1) is 12.0. The van der Waals surface area contributed by atoms with Gasteiger partial charge in [-0.2, -0.15) is 0 Å². The molecule has 2 aromatic rings. The molecule has 19 heavy (non-hydrogen) atoms. The molecule has 4 heteroatoms. The molecule has 0 fully saturated rings. The van der Waals surface area contributed by atoms with E-state index in [0.717, 1.165) is 29.3 Å². The van der Waals surface area contributed by atoms with Gasteiger partial charge in [0.05, 0.1) is 10.3 Å². The average molecular weight is 256 g/mol. The summed E-state index contributed by atoms with van der Waals surface area (Å²) >= 11 is 0. The lowest BCUT2D eigenvalue weighted by molar-refractivity contribution is -0.383. The number of benzene rings is 2. The van der Waals surface area contributed by atoms with E-state index in [1.807, 2.05) is 18.2 Å². The normalized spacial score (nSPS) is 16.7. The van der Waals surface area contributed by atoms with Crippen LogP contribution >= 0.6 is 0 Å². The van der Waals surface area contributed by atoms with E-state index in [1.54, 1.807) is 12.1 Å². The van der Waals surface area contributed by atoms with E-state index in [9.17, 15) is 10.1 Å². The minimum atomic E-state index is -0.311. The maximum Gasteiger partial charge on any atom is 0.277 e. The lowest BCUT2D eigenvalue weighted by atomic mass is 9.88.